The molecule has 7 heteroatoms. The molecule has 2 N–H and O–H groups in total. The van der Waals surface area contributed by atoms with Crippen LogP contribution in [0.2, 0.25) is 0 Å². The van der Waals surface area contributed by atoms with Gasteiger partial charge in [-0.2, -0.15) is 10.2 Å². The smallest absolute Gasteiger partial charge is 0.326 e. The molecule has 7 nitrogen and oxygen atoms in total. The number of methoxy groups -OCH3 is 1. The SMILES string of the molecule is COc1ccccc1-c1ccc(C[C@H](NC(=O)C2(c3ccnnc3)CCCC2)C(=O)O)cc1. The summed E-state index contributed by atoms with van der Waals surface area (Å²) in [6.07, 6.45) is 6.54. The van der Waals surface area contributed by atoms with E-state index in [1.165, 1.54) is 0 Å². The maximum atomic E-state index is 13.3. The Morgan fingerprint density at radius 1 is 1.06 bits per heavy atom. The van der Waals surface area contributed by atoms with Gasteiger partial charge in [-0.05, 0) is 41.7 Å². The van der Waals surface area contributed by atoms with Gasteiger partial charge in [0.05, 0.1) is 18.7 Å². The average Bonchev–Trinajstić information content (AvgIpc) is 3.36. The highest BCUT2D eigenvalue weighted by Crippen LogP contribution is 2.41. The van der Waals surface area contributed by atoms with E-state index in [-0.39, 0.29) is 12.3 Å². The van der Waals surface area contributed by atoms with E-state index in [4.69, 9.17) is 4.74 Å². The number of carboxylic acid groups (broad SMARTS) is 1. The molecule has 1 fully saturated rings. The Kier molecular flexibility index (Phi) is 6.68. The van der Waals surface area contributed by atoms with Crippen LogP contribution in [0, 0.1) is 0 Å². The lowest BCUT2D eigenvalue weighted by Gasteiger charge is -2.29. The predicted molar refractivity (Wildman–Crippen MR) is 124 cm³/mol. The number of nitrogens with zero attached hydrogens (tertiary/aromatic N) is 2. The Balaban J connectivity index is 1.51. The summed E-state index contributed by atoms with van der Waals surface area (Å²) in [4.78, 5) is 25.4. The largest absolute Gasteiger partial charge is 0.496 e. The Hall–Kier alpha value is -3.74. The van der Waals surface area contributed by atoms with Crippen LogP contribution in [0.25, 0.3) is 11.1 Å². The molecule has 0 bridgehead atoms. The minimum atomic E-state index is -1.06. The number of amides is 1. The average molecular weight is 446 g/mol. The van der Waals surface area contributed by atoms with Gasteiger partial charge >= 0.3 is 5.97 Å². The van der Waals surface area contributed by atoms with Gasteiger partial charge < -0.3 is 15.2 Å². The lowest BCUT2D eigenvalue weighted by atomic mass is 9.78. The molecular formula is C26H27N3O4. The highest BCUT2D eigenvalue weighted by atomic mass is 16.5. The van der Waals surface area contributed by atoms with Crippen LogP contribution >= 0.6 is 0 Å². The van der Waals surface area contributed by atoms with Gasteiger partial charge in [0.1, 0.15) is 11.8 Å². The zero-order valence-electron chi connectivity index (χ0n) is 18.5. The van der Waals surface area contributed by atoms with Crippen LogP contribution < -0.4 is 10.1 Å². The molecule has 1 heterocycles. The normalized spacial score (nSPS) is 15.5. The number of hydrogen-bond donors (Lipinski definition) is 2. The zero-order chi connectivity index (χ0) is 23.3. The zero-order valence-corrected chi connectivity index (χ0v) is 18.5. The molecule has 3 aromatic rings. The molecular weight excluding hydrogens is 418 g/mol. The van der Waals surface area contributed by atoms with Crippen LogP contribution in [0.15, 0.2) is 67.0 Å². The Bertz CT molecular complexity index is 1110. The summed E-state index contributed by atoms with van der Waals surface area (Å²) < 4.78 is 5.43. The summed E-state index contributed by atoms with van der Waals surface area (Å²) in [5, 5.41) is 20.4. The van der Waals surface area contributed by atoms with Crippen molar-refractivity contribution >= 4 is 11.9 Å². The van der Waals surface area contributed by atoms with E-state index in [2.05, 4.69) is 15.5 Å². The maximum absolute atomic E-state index is 13.3. The van der Waals surface area contributed by atoms with Crippen molar-refractivity contribution in [1.82, 2.24) is 15.5 Å². The third-order valence-corrected chi connectivity index (χ3v) is 6.44. The Labute approximate surface area is 192 Å². The van der Waals surface area contributed by atoms with Gasteiger partial charge in [0.25, 0.3) is 0 Å². The molecule has 0 spiro atoms. The number of ether oxygens (including phenoxy) is 1. The molecule has 0 radical (unpaired) electrons. The minimum Gasteiger partial charge on any atom is -0.496 e. The van der Waals surface area contributed by atoms with E-state index in [1.54, 1.807) is 25.6 Å². The van der Waals surface area contributed by atoms with Gasteiger partial charge in [-0.25, -0.2) is 4.79 Å². The van der Waals surface area contributed by atoms with Crippen molar-refractivity contribution in [2.75, 3.05) is 7.11 Å². The van der Waals surface area contributed by atoms with E-state index >= 15 is 0 Å². The first-order chi connectivity index (χ1) is 16.0. The molecule has 33 heavy (non-hydrogen) atoms. The topological polar surface area (TPSA) is 101 Å². The molecule has 170 valence electrons. The van der Waals surface area contributed by atoms with E-state index < -0.39 is 17.4 Å². The first kappa shape index (κ1) is 22.5. The van der Waals surface area contributed by atoms with Crippen molar-refractivity contribution in [3.05, 3.63) is 78.1 Å². The molecule has 1 aliphatic rings. The number of benzene rings is 2. The highest BCUT2D eigenvalue weighted by molar-refractivity contribution is 5.91. The van der Waals surface area contributed by atoms with Gasteiger partial charge in [0.2, 0.25) is 5.91 Å². The van der Waals surface area contributed by atoms with E-state index in [9.17, 15) is 14.7 Å². The van der Waals surface area contributed by atoms with Crippen molar-refractivity contribution < 1.29 is 19.4 Å². The molecule has 1 amide bonds. The number of rotatable bonds is 8. The quantitative estimate of drug-likeness (QED) is 0.547. The number of aromatic nitrogens is 2. The predicted octanol–water partition coefficient (Wildman–Crippen LogP) is 3.78. The van der Waals surface area contributed by atoms with Crippen molar-refractivity contribution in [3.8, 4) is 16.9 Å². The maximum Gasteiger partial charge on any atom is 0.326 e. The van der Waals surface area contributed by atoms with Gasteiger partial charge in [-0.15, -0.1) is 0 Å². The third kappa shape index (κ3) is 4.72. The second kappa shape index (κ2) is 9.81. The van der Waals surface area contributed by atoms with Gasteiger partial charge in [0.15, 0.2) is 0 Å². The minimum absolute atomic E-state index is 0.192. The van der Waals surface area contributed by atoms with Crippen LogP contribution in [0.5, 0.6) is 5.75 Å². The second-order valence-electron chi connectivity index (χ2n) is 8.39. The molecule has 2 aromatic carbocycles. The number of carboxylic acids is 1. The molecule has 0 unspecified atom stereocenters. The Morgan fingerprint density at radius 2 is 1.79 bits per heavy atom. The lowest BCUT2D eigenvalue weighted by molar-refractivity contribution is -0.142. The molecule has 0 saturated heterocycles. The summed E-state index contributed by atoms with van der Waals surface area (Å²) in [7, 11) is 1.63. The lowest BCUT2D eigenvalue weighted by Crippen LogP contribution is -2.50. The number of aliphatic carboxylic acids is 1. The van der Waals surface area contributed by atoms with Crippen LogP contribution in [-0.2, 0) is 21.4 Å². The molecule has 4 rings (SSSR count). The number of carbonyl (C=O) groups is 2. The number of carbonyl (C=O) groups excluding carboxylic acids is 1. The number of hydrogen-bond acceptors (Lipinski definition) is 5. The molecule has 1 aliphatic carbocycles. The standard InChI is InChI=1S/C26H27N3O4/c1-33-23-7-3-2-6-21(23)19-10-8-18(9-11-19)16-22(24(30)31)29-25(32)26(13-4-5-14-26)20-12-15-27-28-17-20/h2-3,6-12,15,17,22H,4-5,13-14,16H2,1H3,(H,29,32)(H,30,31)/t22-/m0/s1. The van der Waals surface area contributed by atoms with Crippen LogP contribution in [0.1, 0.15) is 36.8 Å². The number of para-hydroxylation sites is 1. The van der Waals surface area contributed by atoms with Crippen molar-refractivity contribution in [1.29, 1.82) is 0 Å². The summed E-state index contributed by atoms with van der Waals surface area (Å²) in [5.74, 6) is -0.544. The summed E-state index contributed by atoms with van der Waals surface area (Å²) >= 11 is 0. The Morgan fingerprint density at radius 3 is 2.42 bits per heavy atom. The van der Waals surface area contributed by atoms with Crippen molar-refractivity contribution in [2.24, 2.45) is 0 Å². The van der Waals surface area contributed by atoms with Crippen LogP contribution in [0.3, 0.4) is 0 Å². The van der Waals surface area contributed by atoms with Crippen molar-refractivity contribution in [3.63, 3.8) is 0 Å². The fourth-order valence-electron chi connectivity index (χ4n) is 4.63. The first-order valence-corrected chi connectivity index (χ1v) is 11.1. The summed E-state index contributed by atoms with van der Waals surface area (Å²) in [6, 6.07) is 16.2. The molecule has 0 aliphatic heterocycles. The molecule has 1 saturated carbocycles. The van der Waals surface area contributed by atoms with E-state index in [1.807, 2.05) is 48.5 Å². The first-order valence-electron chi connectivity index (χ1n) is 11.1. The van der Waals surface area contributed by atoms with Crippen molar-refractivity contribution in [2.45, 2.75) is 43.6 Å². The number of nitrogens with one attached hydrogen (secondary N) is 1. The van der Waals surface area contributed by atoms with E-state index in [0.717, 1.165) is 40.8 Å². The summed E-state index contributed by atoms with van der Waals surface area (Å²) in [6.45, 7) is 0. The van der Waals surface area contributed by atoms with E-state index in [0.29, 0.717) is 12.8 Å². The van der Waals surface area contributed by atoms with Crippen LogP contribution in [0.4, 0.5) is 0 Å². The second-order valence-corrected chi connectivity index (χ2v) is 8.39. The van der Waals surface area contributed by atoms with Gasteiger partial charge in [0, 0.05) is 18.2 Å². The molecule has 1 atom stereocenters. The van der Waals surface area contributed by atoms with Crippen LogP contribution in [-0.4, -0.2) is 40.3 Å². The highest BCUT2D eigenvalue weighted by Gasteiger charge is 2.44. The van der Waals surface area contributed by atoms with Gasteiger partial charge in [-0.1, -0.05) is 55.3 Å². The third-order valence-electron chi connectivity index (χ3n) is 6.44. The van der Waals surface area contributed by atoms with Gasteiger partial charge in [-0.3, -0.25) is 4.79 Å². The molecule has 1 aromatic heterocycles. The monoisotopic (exact) mass is 445 g/mol. The summed E-state index contributed by atoms with van der Waals surface area (Å²) in [5.41, 5.74) is 2.80. The fraction of sp³-hybridized carbons (Fsp3) is 0.308. The fourth-order valence-corrected chi connectivity index (χ4v) is 4.63.